The Labute approximate surface area is 83.7 Å². The number of nitrogens with zero attached hydrogens (tertiary/aromatic N) is 1. The maximum atomic E-state index is 9.36. The molecule has 3 heteroatoms. The van der Waals surface area contributed by atoms with Crippen molar-refractivity contribution in [1.29, 1.82) is 0 Å². The van der Waals surface area contributed by atoms with Crippen molar-refractivity contribution >= 4 is 17.3 Å². The fourth-order valence-electron chi connectivity index (χ4n) is 1.13. The molecule has 0 aliphatic rings. The summed E-state index contributed by atoms with van der Waals surface area (Å²) in [6.45, 7) is 1.74. The lowest BCUT2D eigenvalue weighted by Gasteiger charge is -2.16. The summed E-state index contributed by atoms with van der Waals surface area (Å²) in [5.41, 5.74) is 1.81. The molecule has 1 unspecified atom stereocenters. The van der Waals surface area contributed by atoms with Crippen LogP contribution in [0.1, 0.15) is 18.6 Å². The van der Waals surface area contributed by atoms with Crippen LogP contribution in [-0.4, -0.2) is 19.2 Å². The molecule has 0 fully saturated rings. The molecular formula is C10H14ClNO. The van der Waals surface area contributed by atoms with E-state index in [1.165, 1.54) is 0 Å². The molecule has 2 nitrogen and oxygen atoms in total. The van der Waals surface area contributed by atoms with Crippen molar-refractivity contribution < 1.29 is 5.11 Å². The van der Waals surface area contributed by atoms with Crippen molar-refractivity contribution in [2.75, 3.05) is 19.0 Å². The van der Waals surface area contributed by atoms with Crippen molar-refractivity contribution in [3.8, 4) is 0 Å². The molecule has 0 aliphatic heterocycles. The Morgan fingerprint density at radius 1 is 1.38 bits per heavy atom. The predicted molar refractivity (Wildman–Crippen MR) is 56.4 cm³/mol. The predicted octanol–water partition coefficient (Wildman–Crippen LogP) is 2.46. The first kappa shape index (κ1) is 10.4. The zero-order valence-electron chi connectivity index (χ0n) is 8.08. The zero-order chi connectivity index (χ0) is 10.0. The van der Waals surface area contributed by atoms with Gasteiger partial charge in [-0.05, 0) is 24.6 Å². The number of aliphatic hydroxyl groups is 1. The molecule has 13 heavy (non-hydrogen) atoms. The Bertz CT molecular complexity index is 297. The third-order valence-electron chi connectivity index (χ3n) is 1.93. The van der Waals surface area contributed by atoms with Gasteiger partial charge in [0.1, 0.15) is 0 Å². The molecule has 0 amide bonds. The van der Waals surface area contributed by atoms with Crippen LogP contribution < -0.4 is 4.90 Å². The molecule has 1 aromatic carbocycles. The van der Waals surface area contributed by atoms with Gasteiger partial charge in [-0.25, -0.2) is 0 Å². The lowest BCUT2D eigenvalue weighted by molar-refractivity contribution is 0.199. The van der Waals surface area contributed by atoms with Gasteiger partial charge in [-0.2, -0.15) is 0 Å². The van der Waals surface area contributed by atoms with E-state index in [-0.39, 0.29) is 0 Å². The summed E-state index contributed by atoms with van der Waals surface area (Å²) in [5.74, 6) is 0. The molecule has 0 saturated carbocycles. The summed E-state index contributed by atoms with van der Waals surface area (Å²) in [6.07, 6.45) is -0.448. The second-order valence-electron chi connectivity index (χ2n) is 3.28. The molecule has 1 rings (SSSR count). The number of hydrogen-bond acceptors (Lipinski definition) is 2. The van der Waals surface area contributed by atoms with Gasteiger partial charge in [-0.15, -0.1) is 0 Å². The Balaban J connectivity index is 3.11. The van der Waals surface area contributed by atoms with Crippen LogP contribution in [0.15, 0.2) is 18.2 Å². The molecule has 1 N–H and O–H groups in total. The maximum absolute atomic E-state index is 9.36. The van der Waals surface area contributed by atoms with Gasteiger partial charge in [0.25, 0.3) is 0 Å². The molecule has 0 spiro atoms. The van der Waals surface area contributed by atoms with E-state index >= 15 is 0 Å². The second kappa shape index (κ2) is 3.99. The number of benzene rings is 1. The summed E-state index contributed by atoms with van der Waals surface area (Å²) in [7, 11) is 3.85. The van der Waals surface area contributed by atoms with Crippen LogP contribution >= 0.6 is 11.6 Å². The molecule has 1 atom stereocenters. The number of anilines is 1. The minimum Gasteiger partial charge on any atom is -0.389 e. The van der Waals surface area contributed by atoms with Gasteiger partial charge in [-0.3, -0.25) is 0 Å². The largest absolute Gasteiger partial charge is 0.389 e. The van der Waals surface area contributed by atoms with E-state index in [1.54, 1.807) is 13.0 Å². The Morgan fingerprint density at radius 2 is 2.00 bits per heavy atom. The van der Waals surface area contributed by atoms with E-state index in [4.69, 9.17) is 11.6 Å². The number of aliphatic hydroxyl groups excluding tert-OH is 1. The minimum atomic E-state index is -0.448. The minimum absolute atomic E-state index is 0.448. The van der Waals surface area contributed by atoms with Crippen LogP contribution in [0.4, 0.5) is 5.69 Å². The van der Waals surface area contributed by atoms with Crippen LogP contribution in [0.3, 0.4) is 0 Å². The van der Waals surface area contributed by atoms with E-state index in [9.17, 15) is 5.11 Å². The molecule has 1 aromatic rings. The van der Waals surface area contributed by atoms with Crippen molar-refractivity contribution in [2.45, 2.75) is 13.0 Å². The summed E-state index contributed by atoms with van der Waals surface area (Å²) < 4.78 is 0. The van der Waals surface area contributed by atoms with Crippen molar-refractivity contribution in [3.05, 3.63) is 28.8 Å². The standard InChI is InChI=1S/C10H14ClNO/c1-7(13)8-4-5-9(11)10(6-8)12(2)3/h4-7,13H,1-3H3. The summed E-state index contributed by atoms with van der Waals surface area (Å²) in [6, 6.07) is 5.53. The first-order chi connectivity index (χ1) is 6.02. The van der Waals surface area contributed by atoms with E-state index in [0.29, 0.717) is 5.02 Å². The van der Waals surface area contributed by atoms with Crippen LogP contribution in [0.25, 0.3) is 0 Å². The highest BCUT2D eigenvalue weighted by atomic mass is 35.5. The Hall–Kier alpha value is -0.730. The molecule has 0 aromatic heterocycles. The first-order valence-electron chi connectivity index (χ1n) is 4.17. The molecule has 0 radical (unpaired) electrons. The Morgan fingerprint density at radius 3 is 2.46 bits per heavy atom. The summed E-state index contributed by atoms with van der Waals surface area (Å²) in [5, 5.41) is 10.1. The van der Waals surface area contributed by atoms with Crippen molar-refractivity contribution in [2.24, 2.45) is 0 Å². The molecular weight excluding hydrogens is 186 g/mol. The average Bonchev–Trinajstić information content (AvgIpc) is 2.04. The zero-order valence-corrected chi connectivity index (χ0v) is 8.84. The van der Waals surface area contributed by atoms with E-state index < -0.39 is 6.10 Å². The molecule has 0 bridgehead atoms. The maximum Gasteiger partial charge on any atom is 0.0762 e. The van der Waals surface area contributed by atoms with Crippen LogP contribution in [0, 0.1) is 0 Å². The number of halogens is 1. The normalized spacial score (nSPS) is 12.7. The highest BCUT2D eigenvalue weighted by molar-refractivity contribution is 6.33. The highest BCUT2D eigenvalue weighted by Crippen LogP contribution is 2.27. The third kappa shape index (κ3) is 2.36. The smallest absolute Gasteiger partial charge is 0.0762 e. The fraction of sp³-hybridized carbons (Fsp3) is 0.400. The average molecular weight is 200 g/mol. The van der Waals surface area contributed by atoms with Gasteiger partial charge in [0.05, 0.1) is 16.8 Å². The fourth-order valence-corrected chi connectivity index (χ4v) is 1.42. The lowest BCUT2D eigenvalue weighted by atomic mass is 10.1. The highest BCUT2D eigenvalue weighted by Gasteiger charge is 2.06. The van der Waals surface area contributed by atoms with Gasteiger partial charge in [-0.1, -0.05) is 17.7 Å². The summed E-state index contributed by atoms with van der Waals surface area (Å²) in [4.78, 5) is 1.92. The van der Waals surface area contributed by atoms with Crippen molar-refractivity contribution in [3.63, 3.8) is 0 Å². The number of hydrogen-bond donors (Lipinski definition) is 1. The van der Waals surface area contributed by atoms with Crippen LogP contribution in [0.5, 0.6) is 0 Å². The summed E-state index contributed by atoms with van der Waals surface area (Å²) >= 11 is 5.97. The second-order valence-corrected chi connectivity index (χ2v) is 3.69. The SMILES string of the molecule is CC(O)c1ccc(Cl)c(N(C)C)c1. The molecule has 0 heterocycles. The van der Waals surface area contributed by atoms with E-state index in [2.05, 4.69) is 0 Å². The van der Waals surface area contributed by atoms with Gasteiger partial charge >= 0.3 is 0 Å². The molecule has 0 saturated heterocycles. The topological polar surface area (TPSA) is 23.5 Å². The molecule has 0 aliphatic carbocycles. The number of rotatable bonds is 2. The monoisotopic (exact) mass is 199 g/mol. The van der Waals surface area contributed by atoms with Gasteiger partial charge in [0.2, 0.25) is 0 Å². The lowest BCUT2D eigenvalue weighted by Crippen LogP contribution is -2.09. The Kier molecular flexibility index (Phi) is 3.17. The third-order valence-corrected chi connectivity index (χ3v) is 2.25. The van der Waals surface area contributed by atoms with Gasteiger partial charge in [0, 0.05) is 14.1 Å². The quantitative estimate of drug-likeness (QED) is 0.791. The van der Waals surface area contributed by atoms with E-state index in [1.807, 2.05) is 31.1 Å². The molecule has 72 valence electrons. The van der Waals surface area contributed by atoms with Crippen LogP contribution in [-0.2, 0) is 0 Å². The van der Waals surface area contributed by atoms with Gasteiger partial charge in [0.15, 0.2) is 0 Å². The first-order valence-corrected chi connectivity index (χ1v) is 4.55. The van der Waals surface area contributed by atoms with E-state index in [0.717, 1.165) is 11.3 Å². The van der Waals surface area contributed by atoms with Crippen LogP contribution in [0.2, 0.25) is 5.02 Å². The van der Waals surface area contributed by atoms with Crippen molar-refractivity contribution in [1.82, 2.24) is 0 Å². The van der Waals surface area contributed by atoms with Gasteiger partial charge < -0.3 is 10.0 Å².